The van der Waals surface area contributed by atoms with E-state index in [4.69, 9.17) is 0 Å². The standard InChI is InChI=1S/C23H38/c1-13-10-11-20-18-8-5-7-17-15(3)14(2)12-21(23(17)18)19-9-4-6-16(13)22(19)20/h13-23H,4-12H2,1-3H3. The van der Waals surface area contributed by atoms with Gasteiger partial charge in [0, 0.05) is 0 Å². The van der Waals surface area contributed by atoms with E-state index in [0.717, 1.165) is 65.1 Å². The maximum absolute atomic E-state index is 2.62. The molecule has 0 amide bonds. The Morgan fingerprint density at radius 1 is 0.478 bits per heavy atom. The van der Waals surface area contributed by atoms with Gasteiger partial charge in [-0.2, -0.15) is 0 Å². The Morgan fingerprint density at radius 2 is 1.04 bits per heavy atom. The fourth-order valence-corrected chi connectivity index (χ4v) is 9.17. The van der Waals surface area contributed by atoms with Crippen molar-refractivity contribution in [2.24, 2.45) is 65.1 Å². The summed E-state index contributed by atoms with van der Waals surface area (Å²) in [6.45, 7) is 7.82. The highest BCUT2D eigenvalue weighted by Crippen LogP contribution is 2.66. The molecule has 0 aromatic carbocycles. The van der Waals surface area contributed by atoms with E-state index in [9.17, 15) is 0 Å². The molecule has 5 rings (SSSR count). The van der Waals surface area contributed by atoms with Crippen molar-refractivity contribution in [1.82, 2.24) is 0 Å². The monoisotopic (exact) mass is 314 g/mol. The molecule has 0 bridgehead atoms. The molecule has 0 saturated heterocycles. The second-order valence-corrected chi connectivity index (χ2v) is 10.6. The zero-order valence-corrected chi connectivity index (χ0v) is 15.7. The van der Waals surface area contributed by atoms with Crippen LogP contribution in [0.3, 0.4) is 0 Å². The molecule has 0 N–H and O–H groups in total. The van der Waals surface area contributed by atoms with Gasteiger partial charge < -0.3 is 0 Å². The minimum absolute atomic E-state index is 0.998. The van der Waals surface area contributed by atoms with Crippen molar-refractivity contribution < 1.29 is 0 Å². The van der Waals surface area contributed by atoms with Crippen molar-refractivity contribution in [1.29, 1.82) is 0 Å². The lowest BCUT2D eigenvalue weighted by molar-refractivity contribution is -0.166. The molecule has 0 aromatic rings. The van der Waals surface area contributed by atoms with Crippen LogP contribution in [0.2, 0.25) is 0 Å². The van der Waals surface area contributed by atoms with Crippen molar-refractivity contribution in [3.05, 3.63) is 0 Å². The van der Waals surface area contributed by atoms with Gasteiger partial charge in [0.15, 0.2) is 0 Å². The Bertz CT molecular complexity index is 453. The third-order valence-electron chi connectivity index (χ3n) is 10.1. The Labute approximate surface area is 144 Å². The Balaban J connectivity index is 1.55. The summed E-state index contributed by atoms with van der Waals surface area (Å²) in [7, 11) is 0. The number of fused-ring (bicyclic) bond motifs is 2. The first-order valence-electron chi connectivity index (χ1n) is 11.2. The largest absolute Gasteiger partial charge is 0.0622 e. The highest BCUT2D eigenvalue weighted by molar-refractivity contribution is 5.08. The van der Waals surface area contributed by atoms with Crippen LogP contribution in [0, 0.1) is 65.1 Å². The lowest BCUT2D eigenvalue weighted by atomic mass is 9.40. The minimum Gasteiger partial charge on any atom is -0.0622 e. The predicted molar refractivity (Wildman–Crippen MR) is 97.0 cm³/mol. The lowest BCUT2D eigenvalue weighted by Crippen LogP contribution is -2.59. The summed E-state index contributed by atoms with van der Waals surface area (Å²) in [5, 5.41) is 0. The summed E-state index contributed by atoms with van der Waals surface area (Å²) in [5.41, 5.74) is 0. The van der Waals surface area contributed by atoms with Crippen molar-refractivity contribution in [2.75, 3.05) is 0 Å². The summed E-state index contributed by atoms with van der Waals surface area (Å²) < 4.78 is 0. The average molecular weight is 315 g/mol. The van der Waals surface area contributed by atoms with Crippen molar-refractivity contribution in [3.8, 4) is 0 Å². The zero-order valence-electron chi connectivity index (χ0n) is 15.7. The van der Waals surface area contributed by atoms with Crippen LogP contribution < -0.4 is 0 Å². The predicted octanol–water partition coefficient (Wildman–Crippen LogP) is 6.40. The summed E-state index contributed by atoms with van der Waals surface area (Å²) in [6, 6.07) is 0. The number of hydrogen-bond acceptors (Lipinski definition) is 0. The van der Waals surface area contributed by atoms with Gasteiger partial charge in [-0.25, -0.2) is 0 Å². The number of rotatable bonds is 0. The fourth-order valence-electron chi connectivity index (χ4n) is 9.17. The van der Waals surface area contributed by atoms with E-state index in [0.29, 0.717) is 0 Å². The third-order valence-corrected chi connectivity index (χ3v) is 10.1. The van der Waals surface area contributed by atoms with E-state index in [-0.39, 0.29) is 0 Å². The second-order valence-electron chi connectivity index (χ2n) is 10.6. The Kier molecular flexibility index (Phi) is 3.65. The van der Waals surface area contributed by atoms with E-state index in [1.807, 2.05) is 0 Å². The molecule has 0 heteroatoms. The molecule has 11 unspecified atom stereocenters. The first-order chi connectivity index (χ1) is 11.2. The molecular weight excluding hydrogens is 276 g/mol. The summed E-state index contributed by atoms with van der Waals surface area (Å²) in [6.07, 6.45) is 14.2. The summed E-state index contributed by atoms with van der Waals surface area (Å²) >= 11 is 0. The van der Waals surface area contributed by atoms with Crippen molar-refractivity contribution in [2.45, 2.75) is 78.6 Å². The molecule has 5 aliphatic carbocycles. The summed E-state index contributed by atoms with van der Waals surface area (Å²) in [4.78, 5) is 0. The van der Waals surface area contributed by atoms with Crippen LogP contribution >= 0.6 is 0 Å². The summed E-state index contributed by atoms with van der Waals surface area (Å²) in [5.74, 6) is 12.1. The van der Waals surface area contributed by atoms with Crippen LogP contribution in [0.15, 0.2) is 0 Å². The van der Waals surface area contributed by atoms with Crippen molar-refractivity contribution >= 4 is 0 Å². The van der Waals surface area contributed by atoms with E-state index in [1.54, 1.807) is 57.8 Å². The molecule has 11 atom stereocenters. The van der Waals surface area contributed by atoms with E-state index < -0.39 is 0 Å². The molecule has 130 valence electrons. The average Bonchev–Trinajstić information content (AvgIpc) is 2.58. The zero-order chi connectivity index (χ0) is 15.7. The van der Waals surface area contributed by atoms with Gasteiger partial charge in [-0.1, -0.05) is 40.0 Å². The second kappa shape index (κ2) is 5.50. The normalized spacial score (nSPS) is 61.4. The van der Waals surface area contributed by atoms with Crippen LogP contribution in [0.4, 0.5) is 0 Å². The molecule has 0 radical (unpaired) electrons. The van der Waals surface area contributed by atoms with Gasteiger partial charge in [0.1, 0.15) is 0 Å². The fraction of sp³-hybridized carbons (Fsp3) is 1.00. The lowest BCUT2D eigenvalue weighted by Gasteiger charge is -2.65. The van der Waals surface area contributed by atoms with Crippen LogP contribution in [-0.2, 0) is 0 Å². The molecule has 0 spiro atoms. The van der Waals surface area contributed by atoms with E-state index in [1.165, 1.54) is 0 Å². The first-order valence-corrected chi connectivity index (χ1v) is 11.2. The quantitative estimate of drug-likeness (QED) is 0.485. The van der Waals surface area contributed by atoms with Crippen LogP contribution in [0.25, 0.3) is 0 Å². The molecule has 0 heterocycles. The smallest absolute Gasteiger partial charge is 0.0321 e. The van der Waals surface area contributed by atoms with Crippen LogP contribution in [0.1, 0.15) is 78.6 Å². The van der Waals surface area contributed by atoms with Crippen molar-refractivity contribution in [3.63, 3.8) is 0 Å². The molecule has 5 saturated carbocycles. The SMILES string of the molecule is CC1CC2C3CCCC4C(C)CCC(C5CCCC(C1C)C52)C43. The molecule has 0 aliphatic heterocycles. The topological polar surface area (TPSA) is 0 Å². The first kappa shape index (κ1) is 15.3. The molecule has 5 aliphatic rings. The van der Waals surface area contributed by atoms with Gasteiger partial charge in [0.25, 0.3) is 0 Å². The minimum atomic E-state index is 0.998. The molecule has 5 fully saturated rings. The number of hydrogen-bond donors (Lipinski definition) is 0. The van der Waals surface area contributed by atoms with Gasteiger partial charge in [-0.05, 0) is 104 Å². The molecule has 23 heavy (non-hydrogen) atoms. The van der Waals surface area contributed by atoms with Gasteiger partial charge in [0.05, 0.1) is 0 Å². The van der Waals surface area contributed by atoms with E-state index >= 15 is 0 Å². The van der Waals surface area contributed by atoms with Gasteiger partial charge >= 0.3 is 0 Å². The molecule has 0 nitrogen and oxygen atoms in total. The van der Waals surface area contributed by atoms with Crippen LogP contribution in [0.5, 0.6) is 0 Å². The van der Waals surface area contributed by atoms with E-state index in [2.05, 4.69) is 20.8 Å². The van der Waals surface area contributed by atoms with Gasteiger partial charge in [-0.3, -0.25) is 0 Å². The maximum Gasteiger partial charge on any atom is -0.0321 e. The van der Waals surface area contributed by atoms with Gasteiger partial charge in [-0.15, -0.1) is 0 Å². The highest BCUT2D eigenvalue weighted by Gasteiger charge is 2.59. The Hall–Kier alpha value is 0. The highest BCUT2D eigenvalue weighted by atomic mass is 14.6. The maximum atomic E-state index is 2.62. The molecular formula is C23H38. The molecule has 0 aromatic heterocycles. The van der Waals surface area contributed by atoms with Gasteiger partial charge in [0.2, 0.25) is 0 Å². The Morgan fingerprint density at radius 3 is 1.83 bits per heavy atom. The third kappa shape index (κ3) is 2.08. The van der Waals surface area contributed by atoms with Crippen LogP contribution in [-0.4, -0.2) is 0 Å².